The average molecular weight is 312 g/mol. The van der Waals surface area contributed by atoms with Crippen molar-refractivity contribution in [3.8, 4) is 0 Å². The highest BCUT2D eigenvalue weighted by molar-refractivity contribution is 5.67. The second-order valence-corrected chi connectivity index (χ2v) is 7.68. The fourth-order valence-electron chi connectivity index (χ4n) is 3.21. The van der Waals surface area contributed by atoms with Crippen LogP contribution in [0.1, 0.15) is 46.5 Å². The molecule has 2 rings (SSSR count). The van der Waals surface area contributed by atoms with Gasteiger partial charge in [0.15, 0.2) is 0 Å². The zero-order chi connectivity index (χ0) is 16.0. The van der Waals surface area contributed by atoms with Gasteiger partial charge in [0.05, 0.1) is 0 Å². The van der Waals surface area contributed by atoms with Gasteiger partial charge in [-0.3, -0.25) is 0 Å². The third-order valence-electron chi connectivity index (χ3n) is 4.50. The predicted molar refractivity (Wildman–Crippen MR) is 86.9 cm³/mol. The summed E-state index contributed by atoms with van der Waals surface area (Å²) in [6.45, 7) is 11.8. The van der Waals surface area contributed by atoms with E-state index in [1.54, 1.807) is 0 Å². The largest absolute Gasteiger partial charge is 0.444 e. The average Bonchev–Trinajstić information content (AvgIpc) is 2.46. The molecule has 0 atom stereocenters. The summed E-state index contributed by atoms with van der Waals surface area (Å²) in [6, 6.07) is 0. The molecule has 2 heterocycles. The van der Waals surface area contributed by atoms with Crippen molar-refractivity contribution in [2.45, 2.75) is 52.1 Å². The predicted octanol–water partition coefficient (Wildman–Crippen LogP) is 2.65. The topological polar surface area (TPSA) is 50.8 Å². The van der Waals surface area contributed by atoms with E-state index in [2.05, 4.69) is 10.2 Å². The molecule has 128 valence electrons. The Kier molecular flexibility index (Phi) is 6.50. The number of hydrogen-bond donors (Lipinski definition) is 1. The van der Waals surface area contributed by atoms with Crippen LogP contribution in [0.25, 0.3) is 0 Å². The molecule has 5 heteroatoms. The van der Waals surface area contributed by atoms with E-state index in [9.17, 15) is 4.79 Å². The maximum Gasteiger partial charge on any atom is 0.407 e. The standard InChI is InChI=1S/C17H32N2O3/c1-17(2,3)22-16(20)18-12-14-4-8-19(9-5-14)13-15-6-10-21-11-7-15/h14-15H,4-13H2,1-3H3,(H,18,20). The van der Waals surface area contributed by atoms with Crippen LogP contribution in [0, 0.1) is 11.8 Å². The maximum atomic E-state index is 11.7. The summed E-state index contributed by atoms with van der Waals surface area (Å²) in [6.07, 6.45) is 4.45. The van der Waals surface area contributed by atoms with E-state index in [-0.39, 0.29) is 6.09 Å². The zero-order valence-electron chi connectivity index (χ0n) is 14.4. The molecule has 0 bridgehead atoms. The minimum absolute atomic E-state index is 0.294. The van der Waals surface area contributed by atoms with Gasteiger partial charge in [-0.25, -0.2) is 4.79 Å². The molecule has 0 saturated carbocycles. The quantitative estimate of drug-likeness (QED) is 0.867. The van der Waals surface area contributed by atoms with Gasteiger partial charge in [-0.15, -0.1) is 0 Å². The highest BCUT2D eigenvalue weighted by Gasteiger charge is 2.24. The second-order valence-electron chi connectivity index (χ2n) is 7.68. The smallest absolute Gasteiger partial charge is 0.407 e. The van der Waals surface area contributed by atoms with Crippen LogP contribution in [0.4, 0.5) is 4.79 Å². The van der Waals surface area contributed by atoms with Crippen molar-refractivity contribution in [2.75, 3.05) is 39.4 Å². The van der Waals surface area contributed by atoms with Crippen LogP contribution in [0.15, 0.2) is 0 Å². The lowest BCUT2D eigenvalue weighted by atomic mass is 9.94. The molecule has 0 aromatic heterocycles. The number of nitrogens with zero attached hydrogens (tertiary/aromatic N) is 1. The third kappa shape index (κ3) is 6.53. The molecule has 0 aliphatic carbocycles. The highest BCUT2D eigenvalue weighted by atomic mass is 16.6. The normalized spacial score (nSPS) is 22.5. The van der Waals surface area contributed by atoms with Crippen molar-refractivity contribution in [3.63, 3.8) is 0 Å². The fourth-order valence-corrected chi connectivity index (χ4v) is 3.21. The molecule has 0 aromatic rings. The summed E-state index contributed by atoms with van der Waals surface area (Å²) >= 11 is 0. The number of rotatable bonds is 4. The van der Waals surface area contributed by atoms with Gasteiger partial charge in [0.1, 0.15) is 5.60 Å². The lowest BCUT2D eigenvalue weighted by Gasteiger charge is -2.35. The second kappa shape index (κ2) is 8.16. The van der Waals surface area contributed by atoms with Crippen LogP contribution in [0.2, 0.25) is 0 Å². The number of amides is 1. The first-order valence-corrected chi connectivity index (χ1v) is 8.69. The monoisotopic (exact) mass is 312 g/mol. The van der Waals surface area contributed by atoms with E-state index >= 15 is 0 Å². The first-order chi connectivity index (χ1) is 10.4. The van der Waals surface area contributed by atoms with Crippen molar-refractivity contribution >= 4 is 6.09 Å². The first-order valence-electron chi connectivity index (χ1n) is 8.69. The van der Waals surface area contributed by atoms with E-state index in [0.717, 1.165) is 38.8 Å². The number of carbonyl (C=O) groups is 1. The minimum atomic E-state index is -0.419. The Labute approximate surface area is 134 Å². The van der Waals surface area contributed by atoms with Crippen LogP contribution in [0.5, 0.6) is 0 Å². The third-order valence-corrected chi connectivity index (χ3v) is 4.50. The number of carbonyl (C=O) groups excluding carboxylic acids is 1. The summed E-state index contributed by atoms with van der Waals surface area (Å²) < 4.78 is 10.7. The number of piperidine rings is 1. The minimum Gasteiger partial charge on any atom is -0.444 e. The van der Waals surface area contributed by atoms with Crippen LogP contribution < -0.4 is 5.32 Å². The lowest BCUT2D eigenvalue weighted by molar-refractivity contribution is 0.0445. The number of ether oxygens (including phenoxy) is 2. The number of likely N-dealkylation sites (tertiary alicyclic amines) is 1. The molecular formula is C17H32N2O3. The van der Waals surface area contributed by atoms with Crippen LogP contribution in [-0.2, 0) is 9.47 Å². The van der Waals surface area contributed by atoms with Crippen molar-refractivity contribution in [2.24, 2.45) is 11.8 Å². The van der Waals surface area contributed by atoms with Gasteiger partial charge >= 0.3 is 6.09 Å². The number of hydrogen-bond acceptors (Lipinski definition) is 4. The molecule has 0 radical (unpaired) electrons. The highest BCUT2D eigenvalue weighted by Crippen LogP contribution is 2.21. The van der Waals surface area contributed by atoms with Crippen LogP contribution >= 0.6 is 0 Å². The van der Waals surface area contributed by atoms with Gasteiger partial charge in [-0.05, 0) is 71.4 Å². The van der Waals surface area contributed by atoms with E-state index in [1.807, 2.05) is 20.8 Å². The van der Waals surface area contributed by atoms with E-state index < -0.39 is 5.60 Å². The van der Waals surface area contributed by atoms with Crippen molar-refractivity contribution in [1.29, 1.82) is 0 Å². The van der Waals surface area contributed by atoms with Gasteiger partial charge in [0.2, 0.25) is 0 Å². The molecule has 0 unspecified atom stereocenters. The maximum absolute atomic E-state index is 11.7. The van der Waals surface area contributed by atoms with E-state index in [4.69, 9.17) is 9.47 Å². The summed E-state index contributed by atoms with van der Waals surface area (Å²) in [5.74, 6) is 1.39. The Bertz CT molecular complexity index is 340. The molecule has 0 spiro atoms. The Hall–Kier alpha value is -0.810. The molecule has 2 aliphatic heterocycles. The van der Waals surface area contributed by atoms with Gasteiger partial charge in [-0.2, -0.15) is 0 Å². The van der Waals surface area contributed by atoms with Crippen molar-refractivity contribution in [1.82, 2.24) is 10.2 Å². The van der Waals surface area contributed by atoms with Gasteiger partial charge in [0.25, 0.3) is 0 Å². The molecule has 2 aliphatic rings. The van der Waals surface area contributed by atoms with Gasteiger partial charge in [-0.1, -0.05) is 0 Å². The van der Waals surface area contributed by atoms with Crippen molar-refractivity contribution in [3.05, 3.63) is 0 Å². The lowest BCUT2D eigenvalue weighted by Crippen LogP contribution is -2.42. The molecule has 2 saturated heterocycles. The van der Waals surface area contributed by atoms with E-state index in [1.165, 1.54) is 32.2 Å². The molecule has 1 amide bonds. The van der Waals surface area contributed by atoms with Crippen LogP contribution in [-0.4, -0.2) is 56.0 Å². The Morgan fingerprint density at radius 3 is 2.36 bits per heavy atom. The Balaban J connectivity index is 1.59. The molecular weight excluding hydrogens is 280 g/mol. The molecule has 2 fully saturated rings. The number of alkyl carbamates (subject to hydrolysis) is 1. The molecule has 22 heavy (non-hydrogen) atoms. The first kappa shape index (κ1) is 17.5. The summed E-state index contributed by atoms with van der Waals surface area (Å²) in [5.41, 5.74) is -0.419. The van der Waals surface area contributed by atoms with Crippen LogP contribution in [0.3, 0.4) is 0 Å². The van der Waals surface area contributed by atoms with Gasteiger partial charge < -0.3 is 19.7 Å². The summed E-state index contributed by atoms with van der Waals surface area (Å²) in [7, 11) is 0. The zero-order valence-corrected chi connectivity index (χ0v) is 14.4. The Morgan fingerprint density at radius 1 is 1.14 bits per heavy atom. The van der Waals surface area contributed by atoms with E-state index in [0.29, 0.717) is 5.92 Å². The molecule has 5 nitrogen and oxygen atoms in total. The fraction of sp³-hybridized carbons (Fsp3) is 0.941. The SMILES string of the molecule is CC(C)(C)OC(=O)NCC1CCN(CC2CCOCC2)CC1. The number of nitrogens with one attached hydrogen (secondary N) is 1. The summed E-state index contributed by atoms with van der Waals surface area (Å²) in [5, 5.41) is 2.91. The Morgan fingerprint density at radius 2 is 1.77 bits per heavy atom. The van der Waals surface area contributed by atoms with Gasteiger partial charge in [0, 0.05) is 26.3 Å². The molecule has 1 N–H and O–H groups in total. The van der Waals surface area contributed by atoms with Crippen molar-refractivity contribution < 1.29 is 14.3 Å². The molecule has 0 aromatic carbocycles. The summed E-state index contributed by atoms with van der Waals surface area (Å²) in [4.78, 5) is 14.3.